The van der Waals surface area contributed by atoms with E-state index in [0.29, 0.717) is 19.3 Å². The number of hydrogen-bond donors (Lipinski definition) is 1. The first-order valence-electron chi connectivity index (χ1n) is 7.12. The Morgan fingerprint density at radius 3 is 2.89 bits per heavy atom. The molecule has 1 saturated heterocycles. The van der Waals surface area contributed by atoms with E-state index in [1.165, 1.54) is 24.9 Å². The average molecular weight is 262 g/mol. The van der Waals surface area contributed by atoms with Crippen LogP contribution in [0.1, 0.15) is 18.4 Å². The van der Waals surface area contributed by atoms with E-state index in [9.17, 15) is 0 Å². The molecule has 0 amide bonds. The van der Waals surface area contributed by atoms with Gasteiger partial charge in [0.05, 0.1) is 0 Å². The zero-order valence-corrected chi connectivity index (χ0v) is 11.5. The van der Waals surface area contributed by atoms with Crippen LogP contribution in [0.2, 0.25) is 0 Å². The number of ether oxygens (including phenoxy) is 2. The Kier molecular flexibility index (Phi) is 3.89. The van der Waals surface area contributed by atoms with Gasteiger partial charge in [0.1, 0.15) is 13.2 Å². The summed E-state index contributed by atoms with van der Waals surface area (Å²) in [7, 11) is 2.18. The largest absolute Gasteiger partial charge is 0.486 e. The number of likely N-dealkylation sites (N-methyl/N-ethyl adjacent to an activating group) is 1. The smallest absolute Gasteiger partial charge is 0.161 e. The summed E-state index contributed by atoms with van der Waals surface area (Å²) in [6.07, 6.45) is 2.61. The molecule has 0 radical (unpaired) electrons. The Morgan fingerprint density at radius 1 is 1.26 bits per heavy atom. The highest BCUT2D eigenvalue weighted by molar-refractivity contribution is 5.43. The Balaban J connectivity index is 1.59. The van der Waals surface area contributed by atoms with Gasteiger partial charge >= 0.3 is 0 Å². The number of rotatable bonds is 4. The van der Waals surface area contributed by atoms with Crippen LogP contribution in [0.25, 0.3) is 0 Å². The molecule has 2 heterocycles. The Labute approximate surface area is 114 Å². The van der Waals surface area contributed by atoms with Crippen molar-refractivity contribution in [3.05, 3.63) is 23.8 Å². The van der Waals surface area contributed by atoms with Gasteiger partial charge in [-0.25, -0.2) is 0 Å². The molecule has 1 aromatic carbocycles. The predicted octanol–water partition coefficient (Wildman–Crippen LogP) is 1.64. The summed E-state index contributed by atoms with van der Waals surface area (Å²) in [5.74, 6) is 1.76. The average Bonchev–Trinajstić information content (AvgIpc) is 2.91. The highest BCUT2D eigenvalue weighted by Gasteiger charge is 2.17. The highest BCUT2D eigenvalue weighted by Crippen LogP contribution is 2.31. The lowest BCUT2D eigenvalue weighted by molar-refractivity contribution is 0.171. The summed E-state index contributed by atoms with van der Waals surface area (Å²) in [5, 5.41) is 3.54. The van der Waals surface area contributed by atoms with Crippen LogP contribution in [0.4, 0.5) is 0 Å². The molecule has 0 spiro atoms. The lowest BCUT2D eigenvalue weighted by Crippen LogP contribution is -2.34. The van der Waals surface area contributed by atoms with Crippen molar-refractivity contribution in [2.45, 2.75) is 25.4 Å². The van der Waals surface area contributed by atoms with Gasteiger partial charge in [-0.3, -0.25) is 0 Å². The van der Waals surface area contributed by atoms with E-state index in [4.69, 9.17) is 9.47 Å². The van der Waals surface area contributed by atoms with Gasteiger partial charge < -0.3 is 19.7 Å². The van der Waals surface area contributed by atoms with Crippen molar-refractivity contribution in [2.75, 3.05) is 33.4 Å². The van der Waals surface area contributed by atoms with E-state index in [-0.39, 0.29) is 0 Å². The molecule has 104 valence electrons. The van der Waals surface area contributed by atoms with E-state index in [1.54, 1.807) is 0 Å². The van der Waals surface area contributed by atoms with Crippen molar-refractivity contribution >= 4 is 0 Å². The van der Waals surface area contributed by atoms with Crippen LogP contribution in [0.15, 0.2) is 18.2 Å². The fraction of sp³-hybridized carbons (Fsp3) is 0.600. The molecular formula is C15H22N2O2. The molecule has 0 saturated carbocycles. The molecule has 0 bridgehead atoms. The lowest BCUT2D eigenvalue weighted by Gasteiger charge is -2.23. The van der Waals surface area contributed by atoms with Gasteiger partial charge in [0.25, 0.3) is 0 Å². The standard InChI is InChI=1S/C15H22N2O2/c1-17(11-13-3-2-6-16-13)10-12-4-5-14-15(9-12)19-8-7-18-14/h4-5,9,13,16H,2-3,6-8,10-11H2,1H3. The highest BCUT2D eigenvalue weighted by atomic mass is 16.6. The van der Waals surface area contributed by atoms with Crippen molar-refractivity contribution in [1.82, 2.24) is 10.2 Å². The fourth-order valence-electron chi connectivity index (χ4n) is 2.85. The van der Waals surface area contributed by atoms with Gasteiger partial charge in [0.15, 0.2) is 11.5 Å². The molecule has 4 nitrogen and oxygen atoms in total. The zero-order chi connectivity index (χ0) is 13.1. The molecule has 1 fully saturated rings. The summed E-state index contributed by atoms with van der Waals surface area (Å²) in [6, 6.07) is 6.91. The summed E-state index contributed by atoms with van der Waals surface area (Å²) in [4.78, 5) is 2.37. The SMILES string of the molecule is CN(Cc1ccc2c(c1)OCCO2)CC1CCCN1. The maximum atomic E-state index is 5.62. The van der Waals surface area contributed by atoms with Crippen LogP contribution in [-0.4, -0.2) is 44.3 Å². The number of nitrogens with one attached hydrogen (secondary N) is 1. The third-order valence-corrected chi connectivity index (χ3v) is 3.75. The van der Waals surface area contributed by atoms with Crippen molar-refractivity contribution in [3.8, 4) is 11.5 Å². The number of hydrogen-bond acceptors (Lipinski definition) is 4. The van der Waals surface area contributed by atoms with Crippen LogP contribution in [0.5, 0.6) is 11.5 Å². The monoisotopic (exact) mass is 262 g/mol. The Bertz CT molecular complexity index is 430. The van der Waals surface area contributed by atoms with Gasteiger partial charge in [0, 0.05) is 19.1 Å². The minimum Gasteiger partial charge on any atom is -0.486 e. The quantitative estimate of drug-likeness (QED) is 0.894. The molecular weight excluding hydrogens is 240 g/mol. The second kappa shape index (κ2) is 5.80. The maximum absolute atomic E-state index is 5.62. The van der Waals surface area contributed by atoms with Crippen LogP contribution in [0, 0.1) is 0 Å². The molecule has 2 aliphatic heterocycles. The molecule has 0 aliphatic carbocycles. The van der Waals surface area contributed by atoms with Crippen LogP contribution in [-0.2, 0) is 6.54 Å². The minimum absolute atomic E-state index is 0.651. The van der Waals surface area contributed by atoms with E-state index < -0.39 is 0 Å². The van der Waals surface area contributed by atoms with Gasteiger partial charge in [0.2, 0.25) is 0 Å². The molecule has 19 heavy (non-hydrogen) atoms. The first-order chi connectivity index (χ1) is 9.31. The number of benzene rings is 1. The molecule has 1 aromatic rings. The molecule has 0 aromatic heterocycles. The molecule has 2 aliphatic rings. The fourth-order valence-corrected chi connectivity index (χ4v) is 2.85. The molecule has 3 rings (SSSR count). The second-order valence-electron chi connectivity index (χ2n) is 5.47. The number of nitrogens with zero attached hydrogens (tertiary/aromatic N) is 1. The minimum atomic E-state index is 0.651. The van der Waals surface area contributed by atoms with Crippen LogP contribution >= 0.6 is 0 Å². The van der Waals surface area contributed by atoms with E-state index in [1.807, 2.05) is 6.07 Å². The molecule has 1 unspecified atom stereocenters. The topological polar surface area (TPSA) is 33.7 Å². The molecule has 1 atom stereocenters. The van der Waals surface area contributed by atoms with E-state index in [0.717, 1.165) is 24.6 Å². The Hall–Kier alpha value is -1.26. The third kappa shape index (κ3) is 3.19. The van der Waals surface area contributed by atoms with Crippen molar-refractivity contribution in [3.63, 3.8) is 0 Å². The van der Waals surface area contributed by atoms with Crippen molar-refractivity contribution in [2.24, 2.45) is 0 Å². The van der Waals surface area contributed by atoms with Gasteiger partial charge in [-0.15, -0.1) is 0 Å². The summed E-state index contributed by atoms with van der Waals surface area (Å²) in [5.41, 5.74) is 1.28. The van der Waals surface area contributed by atoms with Crippen LogP contribution in [0.3, 0.4) is 0 Å². The van der Waals surface area contributed by atoms with E-state index >= 15 is 0 Å². The van der Waals surface area contributed by atoms with Crippen LogP contribution < -0.4 is 14.8 Å². The van der Waals surface area contributed by atoms with Crippen molar-refractivity contribution < 1.29 is 9.47 Å². The maximum Gasteiger partial charge on any atom is 0.161 e. The van der Waals surface area contributed by atoms with Crippen molar-refractivity contribution in [1.29, 1.82) is 0 Å². The lowest BCUT2D eigenvalue weighted by atomic mass is 10.1. The predicted molar refractivity (Wildman–Crippen MR) is 74.8 cm³/mol. The van der Waals surface area contributed by atoms with Gasteiger partial charge in [-0.2, -0.15) is 0 Å². The number of fused-ring (bicyclic) bond motifs is 1. The normalized spacial score (nSPS) is 21.9. The second-order valence-corrected chi connectivity index (χ2v) is 5.47. The molecule has 4 heteroatoms. The first-order valence-corrected chi connectivity index (χ1v) is 7.12. The summed E-state index contributed by atoms with van der Waals surface area (Å²) < 4.78 is 11.2. The third-order valence-electron chi connectivity index (χ3n) is 3.75. The zero-order valence-electron chi connectivity index (χ0n) is 11.5. The first kappa shape index (κ1) is 12.8. The molecule has 1 N–H and O–H groups in total. The van der Waals surface area contributed by atoms with E-state index in [2.05, 4.69) is 29.4 Å². The van der Waals surface area contributed by atoms with Gasteiger partial charge in [-0.05, 0) is 44.1 Å². The summed E-state index contributed by atoms with van der Waals surface area (Å²) >= 11 is 0. The van der Waals surface area contributed by atoms with Gasteiger partial charge in [-0.1, -0.05) is 6.07 Å². The summed E-state index contributed by atoms with van der Waals surface area (Å²) in [6.45, 7) is 4.53. The Morgan fingerprint density at radius 2 is 2.11 bits per heavy atom.